The van der Waals surface area contributed by atoms with Crippen LogP contribution in [0, 0.1) is 6.92 Å². The number of para-hydroxylation sites is 1. The van der Waals surface area contributed by atoms with Crippen molar-refractivity contribution in [2.75, 3.05) is 12.3 Å². The van der Waals surface area contributed by atoms with E-state index in [1.807, 2.05) is 36.4 Å². The number of ether oxygens (including phenoxy) is 2. The van der Waals surface area contributed by atoms with Gasteiger partial charge in [0.15, 0.2) is 12.4 Å². The van der Waals surface area contributed by atoms with Crippen molar-refractivity contribution in [2.45, 2.75) is 33.3 Å². The molecule has 0 aliphatic carbocycles. The molecule has 0 fully saturated rings. The molecular weight excluding hydrogens is 428 g/mol. The van der Waals surface area contributed by atoms with Gasteiger partial charge in [-0.3, -0.25) is 9.78 Å². The van der Waals surface area contributed by atoms with Crippen molar-refractivity contribution in [3.63, 3.8) is 0 Å². The van der Waals surface area contributed by atoms with Crippen molar-refractivity contribution >= 4 is 50.2 Å². The fourth-order valence-corrected chi connectivity index (χ4v) is 4.47. The van der Waals surface area contributed by atoms with E-state index in [9.17, 15) is 9.59 Å². The number of anilines is 1. The second kappa shape index (κ2) is 9.27. The number of nitrogens with two attached hydrogens (primary N) is 1. The summed E-state index contributed by atoms with van der Waals surface area (Å²) >= 11 is 1.19. The average Bonchev–Trinajstić information content (AvgIpc) is 3.13. The molecule has 0 bridgehead atoms. The van der Waals surface area contributed by atoms with Gasteiger partial charge in [0.1, 0.15) is 15.5 Å². The number of aromatic nitrogens is 3. The predicted molar refractivity (Wildman–Crippen MR) is 122 cm³/mol. The molecule has 2 N–H and O–H groups in total. The fraction of sp³-hybridized carbons (Fsp3) is 0.261. The van der Waals surface area contributed by atoms with Gasteiger partial charge in [0.2, 0.25) is 0 Å². The number of nitrogens with zero attached hydrogens (tertiary/aromatic N) is 3. The van der Waals surface area contributed by atoms with Gasteiger partial charge in [-0.05, 0) is 31.5 Å². The molecular formula is C23H22N4O4S. The molecule has 1 aromatic carbocycles. The van der Waals surface area contributed by atoms with Crippen LogP contribution >= 0.6 is 11.3 Å². The number of aryl methyl sites for hydroxylation is 2. The average molecular weight is 451 g/mol. The van der Waals surface area contributed by atoms with Crippen LogP contribution in [0.25, 0.3) is 21.1 Å². The molecule has 0 spiro atoms. The molecule has 0 saturated carbocycles. The van der Waals surface area contributed by atoms with Crippen LogP contribution in [0.15, 0.2) is 36.4 Å². The zero-order chi connectivity index (χ0) is 22.7. The zero-order valence-corrected chi connectivity index (χ0v) is 18.6. The fourth-order valence-electron chi connectivity index (χ4n) is 3.37. The minimum atomic E-state index is -0.414. The molecule has 32 heavy (non-hydrogen) atoms. The largest absolute Gasteiger partial charge is 0.462 e. The number of hydrogen-bond donors (Lipinski definition) is 1. The monoisotopic (exact) mass is 450 g/mol. The summed E-state index contributed by atoms with van der Waals surface area (Å²) in [6.45, 7) is 3.71. The van der Waals surface area contributed by atoms with E-state index < -0.39 is 5.97 Å². The van der Waals surface area contributed by atoms with E-state index in [2.05, 4.69) is 15.0 Å². The third-order valence-electron chi connectivity index (χ3n) is 4.93. The molecule has 0 amide bonds. The molecule has 3 heterocycles. The summed E-state index contributed by atoms with van der Waals surface area (Å²) in [5.41, 5.74) is 8.49. The molecule has 0 saturated heterocycles. The molecule has 0 atom stereocenters. The van der Waals surface area contributed by atoms with Crippen LogP contribution in [-0.4, -0.2) is 33.5 Å². The normalized spacial score (nSPS) is 11.1. The minimum absolute atomic E-state index is 0.101. The quantitative estimate of drug-likeness (QED) is 0.420. The molecule has 4 aromatic rings. The molecule has 9 heteroatoms. The number of fused-ring (bicyclic) bond motifs is 2. The lowest BCUT2D eigenvalue weighted by Gasteiger charge is -2.06. The summed E-state index contributed by atoms with van der Waals surface area (Å²) in [7, 11) is 0. The molecule has 0 unspecified atom stereocenters. The van der Waals surface area contributed by atoms with Crippen molar-refractivity contribution in [1.29, 1.82) is 0 Å². The van der Waals surface area contributed by atoms with E-state index in [1.165, 1.54) is 11.3 Å². The Balaban J connectivity index is 1.40. The van der Waals surface area contributed by atoms with Crippen LogP contribution in [0.1, 0.15) is 40.1 Å². The number of benzene rings is 1. The first-order valence-electron chi connectivity index (χ1n) is 10.2. The van der Waals surface area contributed by atoms with Crippen molar-refractivity contribution in [3.05, 3.63) is 58.4 Å². The molecule has 8 nitrogen and oxygen atoms in total. The Kier molecular flexibility index (Phi) is 6.27. The molecule has 3 aromatic heterocycles. The Morgan fingerprint density at radius 2 is 1.88 bits per heavy atom. The maximum absolute atomic E-state index is 12.2. The van der Waals surface area contributed by atoms with Gasteiger partial charge in [0, 0.05) is 17.5 Å². The van der Waals surface area contributed by atoms with Gasteiger partial charge >= 0.3 is 11.9 Å². The number of rotatable bonds is 7. The predicted octanol–water partition coefficient (Wildman–Crippen LogP) is 3.98. The number of carbonyl (C=O) groups excluding carboxylic acids is 2. The van der Waals surface area contributed by atoms with Crippen LogP contribution in [-0.2, 0) is 27.3 Å². The van der Waals surface area contributed by atoms with E-state index in [-0.39, 0.29) is 37.2 Å². The maximum atomic E-state index is 12.2. The number of hydrogen-bond acceptors (Lipinski definition) is 9. The summed E-state index contributed by atoms with van der Waals surface area (Å²) in [4.78, 5) is 38.6. The topological polar surface area (TPSA) is 117 Å². The van der Waals surface area contributed by atoms with Crippen molar-refractivity contribution < 1.29 is 19.1 Å². The standard InChI is InChI=1S/C23H22N4O4S/c1-3-30-23(29)20-13(2)19-21(24)26-17(27-22(19)32-20)12-31-18(28)11-10-15-9-8-14-6-4-5-7-16(14)25-15/h4-9H,3,10-12H2,1-2H3,(H2,24,26,27). The van der Waals surface area contributed by atoms with Crippen LogP contribution in [0.4, 0.5) is 5.82 Å². The summed E-state index contributed by atoms with van der Waals surface area (Å²) < 4.78 is 10.4. The molecule has 0 aliphatic heterocycles. The Morgan fingerprint density at radius 3 is 2.69 bits per heavy atom. The van der Waals surface area contributed by atoms with Gasteiger partial charge in [-0.25, -0.2) is 14.8 Å². The molecule has 4 rings (SSSR count). The van der Waals surface area contributed by atoms with E-state index in [0.717, 1.165) is 16.6 Å². The van der Waals surface area contributed by atoms with Crippen LogP contribution < -0.4 is 5.73 Å². The maximum Gasteiger partial charge on any atom is 0.348 e. The Hall–Kier alpha value is -3.59. The van der Waals surface area contributed by atoms with Crippen LogP contribution in [0.3, 0.4) is 0 Å². The summed E-state index contributed by atoms with van der Waals surface area (Å²) in [6.07, 6.45) is 0.660. The van der Waals surface area contributed by atoms with Crippen LogP contribution in [0.5, 0.6) is 0 Å². The second-order valence-electron chi connectivity index (χ2n) is 7.14. The third-order valence-corrected chi connectivity index (χ3v) is 6.09. The van der Waals surface area contributed by atoms with E-state index in [0.29, 0.717) is 27.1 Å². The van der Waals surface area contributed by atoms with E-state index >= 15 is 0 Å². The van der Waals surface area contributed by atoms with Gasteiger partial charge in [-0.1, -0.05) is 24.3 Å². The first-order valence-corrected chi connectivity index (χ1v) is 11.0. The highest BCUT2D eigenvalue weighted by Crippen LogP contribution is 2.33. The van der Waals surface area contributed by atoms with Crippen LogP contribution in [0.2, 0.25) is 0 Å². The highest BCUT2D eigenvalue weighted by molar-refractivity contribution is 7.20. The molecule has 0 radical (unpaired) electrons. The van der Waals surface area contributed by atoms with Crippen molar-refractivity contribution in [1.82, 2.24) is 15.0 Å². The number of thiophene rings is 1. The smallest absolute Gasteiger partial charge is 0.348 e. The number of nitrogen functional groups attached to an aromatic ring is 1. The van der Waals surface area contributed by atoms with Crippen molar-refractivity contribution in [3.8, 4) is 0 Å². The van der Waals surface area contributed by atoms with E-state index in [4.69, 9.17) is 15.2 Å². The Bertz CT molecular complexity index is 1320. The lowest BCUT2D eigenvalue weighted by Crippen LogP contribution is -2.09. The molecule has 0 aliphatic rings. The number of carbonyl (C=O) groups is 2. The van der Waals surface area contributed by atoms with Gasteiger partial charge in [0.05, 0.1) is 23.9 Å². The summed E-state index contributed by atoms with van der Waals surface area (Å²) in [5, 5.41) is 1.68. The number of pyridine rings is 1. The first kappa shape index (κ1) is 21.6. The highest BCUT2D eigenvalue weighted by atomic mass is 32.1. The minimum Gasteiger partial charge on any atom is -0.462 e. The Labute approximate surface area is 188 Å². The number of esters is 2. The lowest BCUT2D eigenvalue weighted by atomic mass is 10.1. The zero-order valence-electron chi connectivity index (χ0n) is 17.8. The second-order valence-corrected chi connectivity index (χ2v) is 8.14. The third kappa shape index (κ3) is 4.52. The summed E-state index contributed by atoms with van der Waals surface area (Å²) in [6, 6.07) is 11.7. The van der Waals surface area contributed by atoms with E-state index in [1.54, 1.807) is 13.8 Å². The van der Waals surface area contributed by atoms with Crippen molar-refractivity contribution in [2.24, 2.45) is 0 Å². The lowest BCUT2D eigenvalue weighted by molar-refractivity contribution is -0.145. The Morgan fingerprint density at radius 1 is 1.06 bits per heavy atom. The van der Waals surface area contributed by atoms with Gasteiger partial charge < -0.3 is 15.2 Å². The molecule has 164 valence electrons. The van der Waals surface area contributed by atoms with Gasteiger partial charge in [-0.2, -0.15) is 0 Å². The SMILES string of the molecule is CCOC(=O)c1sc2nc(COC(=O)CCc3ccc4ccccc4n3)nc(N)c2c1C. The highest BCUT2D eigenvalue weighted by Gasteiger charge is 2.20. The first-order chi connectivity index (χ1) is 15.5. The van der Waals surface area contributed by atoms with Gasteiger partial charge in [0.25, 0.3) is 0 Å². The van der Waals surface area contributed by atoms with Gasteiger partial charge in [-0.15, -0.1) is 11.3 Å². The summed E-state index contributed by atoms with van der Waals surface area (Å²) in [5.74, 6) is -0.269.